The number of hydrogen-bond donors (Lipinski definition) is 0. The number of aryl methyl sites for hydroxylation is 3. The monoisotopic (exact) mass is 226 g/mol. The largest absolute Gasteiger partial charge is 0.241 e. The molecule has 0 saturated carbocycles. The van der Waals surface area contributed by atoms with Gasteiger partial charge in [-0.2, -0.15) is 0 Å². The van der Waals surface area contributed by atoms with Crippen molar-refractivity contribution < 1.29 is 0 Å². The number of aromatic nitrogens is 2. The lowest BCUT2D eigenvalue weighted by atomic mass is 10.1. The van der Waals surface area contributed by atoms with Gasteiger partial charge in [0.15, 0.2) is 0 Å². The molecule has 2 heteroatoms. The van der Waals surface area contributed by atoms with Crippen LogP contribution in [0.3, 0.4) is 0 Å². The van der Waals surface area contributed by atoms with E-state index in [0.717, 1.165) is 31.5 Å². The summed E-state index contributed by atoms with van der Waals surface area (Å²) < 4.78 is 0. The summed E-state index contributed by atoms with van der Waals surface area (Å²) >= 11 is 0. The van der Waals surface area contributed by atoms with Crippen molar-refractivity contribution in [3.05, 3.63) is 59.7 Å². The smallest absolute Gasteiger partial charge is 0.128 e. The maximum absolute atomic E-state index is 4.40. The quantitative estimate of drug-likeness (QED) is 0.782. The van der Waals surface area contributed by atoms with Crippen molar-refractivity contribution in [3.63, 3.8) is 0 Å². The summed E-state index contributed by atoms with van der Waals surface area (Å²) in [6, 6.07) is 10.5. The maximum atomic E-state index is 4.40. The first-order valence-electron chi connectivity index (χ1n) is 6.22. The zero-order valence-corrected chi connectivity index (χ0v) is 10.3. The zero-order valence-electron chi connectivity index (χ0n) is 10.3. The molecule has 2 nitrogen and oxygen atoms in total. The van der Waals surface area contributed by atoms with Crippen molar-refractivity contribution in [1.82, 2.24) is 9.97 Å². The minimum Gasteiger partial charge on any atom is -0.241 e. The van der Waals surface area contributed by atoms with Gasteiger partial charge in [-0.1, -0.05) is 43.7 Å². The molecule has 0 N–H and O–H groups in total. The molecule has 0 aliphatic rings. The Labute approximate surface area is 103 Å². The number of nitrogens with zero attached hydrogens (tertiary/aromatic N) is 2. The summed E-state index contributed by atoms with van der Waals surface area (Å²) in [4.78, 5) is 8.80. The van der Waals surface area contributed by atoms with Crippen molar-refractivity contribution in [2.24, 2.45) is 0 Å². The Hall–Kier alpha value is -1.70. The summed E-state index contributed by atoms with van der Waals surface area (Å²) in [7, 11) is 0. The molecule has 0 atom stereocenters. The molecule has 1 heterocycles. The fourth-order valence-electron chi connectivity index (χ4n) is 1.83. The second kappa shape index (κ2) is 6.14. The van der Waals surface area contributed by atoms with Crippen molar-refractivity contribution >= 4 is 0 Å². The normalized spacial score (nSPS) is 10.4. The molecule has 0 spiro atoms. The summed E-state index contributed by atoms with van der Waals surface area (Å²) in [5.74, 6) is 0.939. The average Bonchev–Trinajstić information content (AvgIpc) is 2.40. The van der Waals surface area contributed by atoms with Crippen molar-refractivity contribution in [2.75, 3.05) is 0 Å². The molecule has 2 aromatic rings. The first-order chi connectivity index (χ1) is 8.38. The lowest BCUT2D eigenvalue weighted by Crippen LogP contribution is -1.99. The Kier molecular flexibility index (Phi) is 4.25. The van der Waals surface area contributed by atoms with Crippen LogP contribution in [0.2, 0.25) is 0 Å². The van der Waals surface area contributed by atoms with E-state index < -0.39 is 0 Å². The Morgan fingerprint density at radius 3 is 2.18 bits per heavy atom. The van der Waals surface area contributed by atoms with E-state index in [-0.39, 0.29) is 0 Å². The molecule has 0 aliphatic carbocycles. The number of rotatable bonds is 5. The highest BCUT2D eigenvalue weighted by Crippen LogP contribution is 2.05. The van der Waals surface area contributed by atoms with Gasteiger partial charge in [-0.15, -0.1) is 0 Å². The topological polar surface area (TPSA) is 25.8 Å². The van der Waals surface area contributed by atoms with Crippen LogP contribution < -0.4 is 0 Å². The van der Waals surface area contributed by atoms with E-state index in [4.69, 9.17) is 0 Å². The molecule has 0 fully saturated rings. The average molecular weight is 226 g/mol. The van der Waals surface area contributed by atoms with Crippen LogP contribution in [0, 0.1) is 0 Å². The van der Waals surface area contributed by atoms with Crippen molar-refractivity contribution in [2.45, 2.75) is 32.6 Å². The minimum atomic E-state index is 0.913. The van der Waals surface area contributed by atoms with Gasteiger partial charge >= 0.3 is 0 Å². The van der Waals surface area contributed by atoms with Gasteiger partial charge in [0.2, 0.25) is 0 Å². The number of hydrogen-bond acceptors (Lipinski definition) is 2. The molecule has 0 bridgehead atoms. The summed E-state index contributed by atoms with van der Waals surface area (Å²) in [6.07, 6.45) is 8.05. The van der Waals surface area contributed by atoms with Gasteiger partial charge in [-0.05, 0) is 24.0 Å². The Morgan fingerprint density at radius 2 is 1.53 bits per heavy atom. The predicted octanol–water partition coefficient (Wildman–Crippen LogP) is 3.21. The minimum absolute atomic E-state index is 0.913. The second-order valence-corrected chi connectivity index (χ2v) is 4.24. The molecule has 2 rings (SSSR count). The summed E-state index contributed by atoms with van der Waals surface area (Å²) in [5, 5.41) is 0. The van der Waals surface area contributed by atoms with E-state index >= 15 is 0 Å². The standard InChI is InChI=1S/C15H18N2/c1-2-6-14-11-16-15(17-12-14)10-9-13-7-4-3-5-8-13/h3-5,7-8,11-12H,2,6,9-10H2,1H3. The van der Waals surface area contributed by atoms with E-state index in [0.29, 0.717) is 0 Å². The molecule has 1 aromatic carbocycles. The SMILES string of the molecule is CCCc1cnc(CCc2ccccc2)nc1. The highest BCUT2D eigenvalue weighted by Gasteiger charge is 1.98. The Bertz CT molecular complexity index is 434. The first kappa shape index (κ1) is 11.8. The highest BCUT2D eigenvalue weighted by atomic mass is 14.9. The molecular formula is C15H18N2. The summed E-state index contributed by atoms with van der Waals surface area (Å²) in [6.45, 7) is 2.17. The fourth-order valence-corrected chi connectivity index (χ4v) is 1.83. The third-order valence-corrected chi connectivity index (χ3v) is 2.78. The van der Waals surface area contributed by atoms with E-state index in [1.54, 1.807) is 0 Å². The van der Waals surface area contributed by atoms with Crippen molar-refractivity contribution in [1.29, 1.82) is 0 Å². The Morgan fingerprint density at radius 1 is 0.824 bits per heavy atom. The third-order valence-electron chi connectivity index (χ3n) is 2.78. The van der Waals surface area contributed by atoms with Crippen LogP contribution in [-0.2, 0) is 19.3 Å². The van der Waals surface area contributed by atoms with Gasteiger partial charge < -0.3 is 0 Å². The molecule has 17 heavy (non-hydrogen) atoms. The lowest BCUT2D eigenvalue weighted by Gasteiger charge is -2.02. The van der Waals surface area contributed by atoms with E-state index in [2.05, 4.69) is 41.2 Å². The highest BCUT2D eigenvalue weighted by molar-refractivity contribution is 5.15. The van der Waals surface area contributed by atoms with Crippen molar-refractivity contribution in [3.8, 4) is 0 Å². The molecule has 0 radical (unpaired) electrons. The van der Waals surface area contributed by atoms with Gasteiger partial charge in [0.1, 0.15) is 5.82 Å². The van der Waals surface area contributed by atoms with Crippen LogP contribution in [0.4, 0.5) is 0 Å². The zero-order chi connectivity index (χ0) is 11.9. The van der Waals surface area contributed by atoms with Crippen LogP contribution in [0.5, 0.6) is 0 Å². The van der Waals surface area contributed by atoms with Crippen LogP contribution in [-0.4, -0.2) is 9.97 Å². The molecule has 88 valence electrons. The van der Waals surface area contributed by atoms with Crippen LogP contribution in [0.25, 0.3) is 0 Å². The fraction of sp³-hybridized carbons (Fsp3) is 0.333. The second-order valence-electron chi connectivity index (χ2n) is 4.24. The van der Waals surface area contributed by atoms with Gasteiger partial charge in [0.25, 0.3) is 0 Å². The van der Waals surface area contributed by atoms with E-state index in [1.165, 1.54) is 11.1 Å². The molecule has 0 saturated heterocycles. The lowest BCUT2D eigenvalue weighted by molar-refractivity contribution is 0.831. The molecule has 1 aromatic heterocycles. The van der Waals surface area contributed by atoms with Crippen LogP contribution in [0.1, 0.15) is 30.3 Å². The third kappa shape index (κ3) is 3.66. The first-order valence-corrected chi connectivity index (χ1v) is 6.22. The van der Waals surface area contributed by atoms with Gasteiger partial charge in [0, 0.05) is 18.8 Å². The molecule has 0 amide bonds. The number of benzene rings is 1. The van der Waals surface area contributed by atoms with Gasteiger partial charge in [-0.25, -0.2) is 9.97 Å². The van der Waals surface area contributed by atoms with E-state index in [1.807, 2.05) is 18.5 Å². The Balaban J connectivity index is 1.91. The van der Waals surface area contributed by atoms with Crippen LogP contribution >= 0.6 is 0 Å². The molecule has 0 aliphatic heterocycles. The molecule has 0 unspecified atom stereocenters. The van der Waals surface area contributed by atoms with Crippen LogP contribution in [0.15, 0.2) is 42.7 Å². The predicted molar refractivity (Wildman–Crippen MR) is 69.9 cm³/mol. The van der Waals surface area contributed by atoms with Gasteiger partial charge in [0.05, 0.1) is 0 Å². The van der Waals surface area contributed by atoms with Gasteiger partial charge in [-0.3, -0.25) is 0 Å². The maximum Gasteiger partial charge on any atom is 0.128 e. The molecular weight excluding hydrogens is 208 g/mol. The van der Waals surface area contributed by atoms with E-state index in [9.17, 15) is 0 Å². The summed E-state index contributed by atoms with van der Waals surface area (Å²) in [5.41, 5.74) is 2.57.